The number of rotatable bonds is 7. The first-order valence-corrected chi connectivity index (χ1v) is 9.39. The van der Waals surface area contributed by atoms with Crippen LogP contribution in [0.2, 0.25) is 0 Å². The number of nitrogens with two attached hydrogens (primary N) is 1. The normalized spacial score (nSPS) is 23.8. The first-order chi connectivity index (χ1) is 9.64. The zero-order valence-electron chi connectivity index (χ0n) is 13.2. The molecule has 1 fully saturated rings. The second kappa shape index (κ2) is 7.56. The van der Waals surface area contributed by atoms with Crippen LogP contribution in [0.3, 0.4) is 0 Å². The molecule has 0 spiro atoms. The van der Waals surface area contributed by atoms with Gasteiger partial charge in [-0.3, -0.25) is 4.79 Å². The second-order valence-corrected chi connectivity index (χ2v) is 8.86. The molecule has 1 aliphatic rings. The van der Waals surface area contributed by atoms with Gasteiger partial charge in [0.25, 0.3) is 0 Å². The van der Waals surface area contributed by atoms with Crippen LogP contribution >= 0.6 is 0 Å². The van der Waals surface area contributed by atoms with Gasteiger partial charge in [-0.25, -0.2) is 8.42 Å². The van der Waals surface area contributed by atoms with Crippen molar-refractivity contribution in [3.05, 3.63) is 0 Å². The molecule has 0 aromatic rings. The standard InChI is InChI=1S/C14H28N2O4S/c1-14(2,21(3,18)19)13(17)16-9-4-10-20-12-7-5-11(15)6-8-12/h11-12H,4-10,15H2,1-3H3,(H,16,17). The number of carbonyl (C=O) groups excluding carboxylic acids is 1. The van der Waals surface area contributed by atoms with Crippen LogP contribution in [0.1, 0.15) is 46.0 Å². The first kappa shape index (κ1) is 18.4. The van der Waals surface area contributed by atoms with E-state index in [0.717, 1.165) is 31.9 Å². The molecule has 3 N–H and O–H groups in total. The number of hydrogen-bond donors (Lipinski definition) is 2. The number of nitrogens with one attached hydrogen (secondary N) is 1. The Hall–Kier alpha value is -0.660. The van der Waals surface area contributed by atoms with Crippen LogP contribution in [0.5, 0.6) is 0 Å². The summed E-state index contributed by atoms with van der Waals surface area (Å²) < 4.78 is 27.4. The van der Waals surface area contributed by atoms with E-state index < -0.39 is 20.5 Å². The van der Waals surface area contributed by atoms with Crippen LogP contribution in [-0.2, 0) is 19.4 Å². The Morgan fingerprint density at radius 3 is 2.38 bits per heavy atom. The summed E-state index contributed by atoms with van der Waals surface area (Å²) in [6, 6.07) is 0.308. The maximum absolute atomic E-state index is 11.9. The molecule has 1 aliphatic carbocycles. The van der Waals surface area contributed by atoms with Crippen molar-refractivity contribution in [2.24, 2.45) is 5.73 Å². The number of carbonyl (C=O) groups is 1. The van der Waals surface area contributed by atoms with E-state index in [1.54, 1.807) is 0 Å². The molecule has 21 heavy (non-hydrogen) atoms. The van der Waals surface area contributed by atoms with Crippen molar-refractivity contribution in [3.63, 3.8) is 0 Å². The monoisotopic (exact) mass is 320 g/mol. The third-order valence-electron chi connectivity index (χ3n) is 4.15. The van der Waals surface area contributed by atoms with E-state index in [1.807, 2.05) is 0 Å². The summed E-state index contributed by atoms with van der Waals surface area (Å²) in [5.74, 6) is -0.464. The van der Waals surface area contributed by atoms with E-state index in [0.29, 0.717) is 25.6 Å². The molecule has 0 aliphatic heterocycles. The highest BCUT2D eigenvalue weighted by Gasteiger charge is 2.38. The van der Waals surface area contributed by atoms with E-state index in [9.17, 15) is 13.2 Å². The predicted molar refractivity (Wildman–Crippen MR) is 82.7 cm³/mol. The molecule has 0 aromatic heterocycles. The molecule has 0 heterocycles. The van der Waals surface area contributed by atoms with Crippen molar-refractivity contribution >= 4 is 15.7 Å². The summed E-state index contributed by atoms with van der Waals surface area (Å²) in [6.07, 6.45) is 6.02. The average molecular weight is 320 g/mol. The molecule has 0 unspecified atom stereocenters. The third-order valence-corrected chi connectivity index (χ3v) is 6.19. The minimum atomic E-state index is -3.42. The van der Waals surface area contributed by atoms with E-state index in [2.05, 4.69) is 5.32 Å². The molecule has 0 atom stereocenters. The highest BCUT2D eigenvalue weighted by Crippen LogP contribution is 2.19. The molecule has 1 saturated carbocycles. The maximum Gasteiger partial charge on any atom is 0.240 e. The van der Waals surface area contributed by atoms with Crippen molar-refractivity contribution in [1.82, 2.24) is 5.32 Å². The minimum absolute atomic E-state index is 0.271. The molecule has 7 heteroatoms. The Kier molecular flexibility index (Phi) is 6.62. The van der Waals surface area contributed by atoms with Gasteiger partial charge in [-0.2, -0.15) is 0 Å². The lowest BCUT2D eigenvalue weighted by atomic mass is 9.94. The summed E-state index contributed by atoms with van der Waals surface area (Å²) in [5.41, 5.74) is 5.83. The molecule has 1 rings (SSSR count). The number of ether oxygens (including phenoxy) is 1. The van der Waals surface area contributed by atoms with Gasteiger partial charge in [0.15, 0.2) is 9.84 Å². The van der Waals surface area contributed by atoms with Crippen molar-refractivity contribution in [2.45, 2.75) is 62.8 Å². The van der Waals surface area contributed by atoms with Crippen molar-refractivity contribution in [2.75, 3.05) is 19.4 Å². The SMILES string of the molecule is CC(C)(C(=O)NCCCOC1CCC(N)CC1)S(C)(=O)=O. The van der Waals surface area contributed by atoms with Crippen LogP contribution < -0.4 is 11.1 Å². The van der Waals surface area contributed by atoms with Gasteiger partial charge in [0.05, 0.1) is 6.10 Å². The molecular formula is C14H28N2O4S. The predicted octanol–water partition coefficient (Wildman–Crippen LogP) is 0.602. The first-order valence-electron chi connectivity index (χ1n) is 7.49. The Bertz CT molecular complexity index is 440. The quantitative estimate of drug-likeness (QED) is 0.669. The van der Waals surface area contributed by atoms with Gasteiger partial charge < -0.3 is 15.8 Å². The summed E-state index contributed by atoms with van der Waals surface area (Å²) >= 11 is 0. The lowest BCUT2D eigenvalue weighted by Gasteiger charge is -2.26. The van der Waals surface area contributed by atoms with Crippen molar-refractivity contribution in [3.8, 4) is 0 Å². The molecule has 0 radical (unpaired) electrons. The summed E-state index contributed by atoms with van der Waals surface area (Å²) in [6.45, 7) is 3.82. The van der Waals surface area contributed by atoms with Gasteiger partial charge in [-0.15, -0.1) is 0 Å². The smallest absolute Gasteiger partial charge is 0.240 e. The number of sulfone groups is 1. The fourth-order valence-electron chi connectivity index (χ4n) is 2.16. The lowest BCUT2D eigenvalue weighted by Crippen LogP contribution is -2.47. The van der Waals surface area contributed by atoms with E-state index in [1.165, 1.54) is 13.8 Å². The van der Waals surface area contributed by atoms with Gasteiger partial charge in [0.1, 0.15) is 4.75 Å². The lowest BCUT2D eigenvalue weighted by molar-refractivity contribution is -0.122. The van der Waals surface area contributed by atoms with E-state index in [-0.39, 0.29) is 6.10 Å². The highest BCUT2D eigenvalue weighted by molar-refractivity contribution is 7.92. The number of amides is 1. The van der Waals surface area contributed by atoms with Gasteiger partial charge >= 0.3 is 0 Å². The van der Waals surface area contributed by atoms with Crippen molar-refractivity contribution in [1.29, 1.82) is 0 Å². The Labute approximate surface area is 127 Å². The molecule has 1 amide bonds. The van der Waals surface area contributed by atoms with Crippen LogP contribution in [0.15, 0.2) is 0 Å². The topological polar surface area (TPSA) is 98.5 Å². The van der Waals surface area contributed by atoms with E-state index in [4.69, 9.17) is 10.5 Å². The maximum atomic E-state index is 11.9. The van der Waals surface area contributed by atoms with Crippen LogP contribution in [0, 0.1) is 0 Å². The molecular weight excluding hydrogens is 292 g/mol. The molecule has 0 bridgehead atoms. The fourth-order valence-corrected chi connectivity index (χ4v) is 2.57. The van der Waals surface area contributed by atoms with Gasteiger partial charge in [0.2, 0.25) is 5.91 Å². The van der Waals surface area contributed by atoms with Gasteiger partial charge in [-0.1, -0.05) is 0 Å². The second-order valence-electron chi connectivity index (χ2n) is 6.30. The summed E-state index contributed by atoms with van der Waals surface area (Å²) in [4.78, 5) is 11.9. The third kappa shape index (κ3) is 5.56. The van der Waals surface area contributed by atoms with Crippen LogP contribution in [-0.4, -0.2) is 50.6 Å². The van der Waals surface area contributed by atoms with Gasteiger partial charge in [-0.05, 0) is 46.0 Å². The Balaban J connectivity index is 2.18. The minimum Gasteiger partial charge on any atom is -0.378 e. The zero-order chi connectivity index (χ0) is 16.1. The van der Waals surface area contributed by atoms with Crippen LogP contribution in [0.25, 0.3) is 0 Å². The zero-order valence-corrected chi connectivity index (χ0v) is 14.0. The Morgan fingerprint density at radius 1 is 1.29 bits per heavy atom. The molecule has 0 aromatic carbocycles. The van der Waals surface area contributed by atoms with Gasteiger partial charge in [0, 0.05) is 25.4 Å². The van der Waals surface area contributed by atoms with Crippen LogP contribution in [0.4, 0.5) is 0 Å². The van der Waals surface area contributed by atoms with E-state index >= 15 is 0 Å². The summed E-state index contributed by atoms with van der Waals surface area (Å²) in [7, 11) is -3.42. The average Bonchev–Trinajstić information content (AvgIpc) is 2.39. The highest BCUT2D eigenvalue weighted by atomic mass is 32.2. The largest absolute Gasteiger partial charge is 0.378 e. The van der Waals surface area contributed by atoms with Crippen molar-refractivity contribution < 1.29 is 17.9 Å². The molecule has 6 nitrogen and oxygen atoms in total. The molecule has 124 valence electrons. The fraction of sp³-hybridized carbons (Fsp3) is 0.929. The summed E-state index contributed by atoms with van der Waals surface area (Å²) in [5, 5.41) is 2.66. The Morgan fingerprint density at radius 2 is 1.86 bits per heavy atom. The number of hydrogen-bond acceptors (Lipinski definition) is 5. The molecule has 0 saturated heterocycles.